The number of ether oxygens (including phenoxy) is 1. The van der Waals surface area contributed by atoms with Crippen molar-refractivity contribution >= 4 is 17.1 Å². The summed E-state index contributed by atoms with van der Waals surface area (Å²) in [5, 5.41) is 3.51. The number of piperidine rings is 1. The van der Waals surface area contributed by atoms with E-state index >= 15 is 0 Å². The van der Waals surface area contributed by atoms with Gasteiger partial charge in [-0.3, -0.25) is 4.90 Å². The van der Waals surface area contributed by atoms with Gasteiger partial charge in [-0.15, -0.1) is 0 Å². The van der Waals surface area contributed by atoms with Gasteiger partial charge in [0.25, 0.3) is 0 Å². The second-order valence-electron chi connectivity index (χ2n) is 9.59. The Bertz CT molecular complexity index is 1030. The molecule has 34 heavy (non-hydrogen) atoms. The minimum Gasteiger partial charge on any atom is -0.493 e. The van der Waals surface area contributed by atoms with Crippen molar-refractivity contribution in [1.29, 1.82) is 0 Å². The molecular weight excluding hydrogens is 418 g/mol. The predicted octanol–water partition coefficient (Wildman–Crippen LogP) is 6.88. The molecule has 0 aromatic heterocycles. The van der Waals surface area contributed by atoms with Crippen molar-refractivity contribution in [3.05, 3.63) is 83.9 Å². The summed E-state index contributed by atoms with van der Waals surface area (Å²) in [5.74, 6) is 1.56. The van der Waals surface area contributed by atoms with Crippen LogP contribution in [0, 0.1) is 12.8 Å². The predicted molar refractivity (Wildman–Crippen MR) is 144 cm³/mol. The summed E-state index contributed by atoms with van der Waals surface area (Å²) in [6.45, 7) is 9.55. The second kappa shape index (κ2) is 11.9. The number of aryl methyl sites for hydroxylation is 1. The number of anilines is 3. The Morgan fingerprint density at radius 2 is 1.74 bits per heavy atom. The summed E-state index contributed by atoms with van der Waals surface area (Å²) in [6.07, 6.45) is 3.56. The van der Waals surface area contributed by atoms with Crippen molar-refractivity contribution in [2.24, 2.45) is 5.92 Å². The number of nitrogens with one attached hydrogen (secondary N) is 1. The monoisotopic (exact) mass is 457 g/mol. The molecule has 0 radical (unpaired) electrons. The van der Waals surface area contributed by atoms with Crippen molar-refractivity contribution < 1.29 is 4.74 Å². The summed E-state index contributed by atoms with van der Waals surface area (Å²) in [6, 6.07) is 25.7. The van der Waals surface area contributed by atoms with Gasteiger partial charge in [-0.2, -0.15) is 0 Å². The van der Waals surface area contributed by atoms with Gasteiger partial charge in [0.1, 0.15) is 5.75 Å². The lowest BCUT2D eigenvalue weighted by Crippen LogP contribution is -2.35. The van der Waals surface area contributed by atoms with Crippen LogP contribution in [0.2, 0.25) is 0 Å². The largest absolute Gasteiger partial charge is 0.493 e. The van der Waals surface area contributed by atoms with Crippen LogP contribution >= 0.6 is 0 Å². The third kappa shape index (κ3) is 6.77. The number of hydrogen-bond acceptors (Lipinski definition) is 4. The molecule has 1 heterocycles. The van der Waals surface area contributed by atoms with Gasteiger partial charge in [0.2, 0.25) is 0 Å². The highest BCUT2D eigenvalue weighted by molar-refractivity contribution is 5.64. The molecule has 0 spiro atoms. The average Bonchev–Trinajstić information content (AvgIpc) is 2.86. The fourth-order valence-electron chi connectivity index (χ4n) is 4.64. The SMILES string of the molecule is CCCN(C)c1ccc(CN2CCC(COc3cccc(Nc4ccccc4C)c3)CC2)cc1. The fourth-order valence-corrected chi connectivity index (χ4v) is 4.64. The zero-order valence-electron chi connectivity index (χ0n) is 21.0. The molecule has 1 fully saturated rings. The lowest BCUT2D eigenvalue weighted by atomic mass is 9.97. The van der Waals surface area contributed by atoms with E-state index in [1.165, 1.54) is 36.1 Å². The molecule has 180 valence electrons. The van der Waals surface area contributed by atoms with Crippen LogP contribution in [0.5, 0.6) is 5.75 Å². The Balaban J connectivity index is 1.21. The number of rotatable bonds is 10. The highest BCUT2D eigenvalue weighted by Gasteiger charge is 2.20. The maximum atomic E-state index is 6.20. The van der Waals surface area contributed by atoms with Gasteiger partial charge >= 0.3 is 0 Å². The molecule has 3 aromatic carbocycles. The molecule has 3 aromatic rings. The molecule has 1 saturated heterocycles. The lowest BCUT2D eigenvalue weighted by Gasteiger charge is -2.32. The highest BCUT2D eigenvalue weighted by Crippen LogP contribution is 2.26. The van der Waals surface area contributed by atoms with Crippen LogP contribution in [0.15, 0.2) is 72.8 Å². The molecule has 0 bridgehead atoms. The summed E-state index contributed by atoms with van der Waals surface area (Å²) < 4.78 is 6.20. The van der Waals surface area contributed by atoms with E-state index in [4.69, 9.17) is 4.74 Å². The minimum atomic E-state index is 0.620. The molecule has 0 amide bonds. The summed E-state index contributed by atoms with van der Waals surface area (Å²) in [4.78, 5) is 4.90. The quantitative estimate of drug-likeness (QED) is 0.359. The Morgan fingerprint density at radius 3 is 2.47 bits per heavy atom. The van der Waals surface area contributed by atoms with E-state index in [2.05, 4.69) is 109 Å². The lowest BCUT2D eigenvalue weighted by molar-refractivity contribution is 0.137. The van der Waals surface area contributed by atoms with Gasteiger partial charge < -0.3 is 15.0 Å². The second-order valence-corrected chi connectivity index (χ2v) is 9.59. The van der Waals surface area contributed by atoms with E-state index < -0.39 is 0 Å². The van der Waals surface area contributed by atoms with E-state index in [-0.39, 0.29) is 0 Å². The molecule has 4 nitrogen and oxygen atoms in total. The molecule has 1 aliphatic rings. The third-order valence-corrected chi connectivity index (χ3v) is 6.79. The van der Waals surface area contributed by atoms with Crippen LogP contribution in [-0.2, 0) is 6.54 Å². The first-order chi connectivity index (χ1) is 16.6. The van der Waals surface area contributed by atoms with Crippen molar-refractivity contribution in [3.8, 4) is 5.75 Å². The Labute approximate surface area is 205 Å². The van der Waals surface area contributed by atoms with E-state index in [0.29, 0.717) is 5.92 Å². The third-order valence-electron chi connectivity index (χ3n) is 6.79. The zero-order valence-corrected chi connectivity index (χ0v) is 21.0. The molecule has 0 atom stereocenters. The molecule has 4 rings (SSSR count). The smallest absolute Gasteiger partial charge is 0.121 e. The number of hydrogen-bond donors (Lipinski definition) is 1. The van der Waals surface area contributed by atoms with Gasteiger partial charge in [-0.05, 0) is 86.7 Å². The Morgan fingerprint density at radius 1 is 0.971 bits per heavy atom. The van der Waals surface area contributed by atoms with E-state index in [1.54, 1.807) is 0 Å². The first-order valence-electron chi connectivity index (χ1n) is 12.7. The molecule has 0 aliphatic carbocycles. The first-order valence-corrected chi connectivity index (χ1v) is 12.7. The molecular formula is C30H39N3O. The number of para-hydroxylation sites is 1. The topological polar surface area (TPSA) is 27.7 Å². The van der Waals surface area contributed by atoms with Crippen molar-refractivity contribution in [1.82, 2.24) is 4.90 Å². The van der Waals surface area contributed by atoms with Crippen molar-refractivity contribution in [2.75, 3.05) is 43.5 Å². The van der Waals surface area contributed by atoms with Crippen LogP contribution in [0.3, 0.4) is 0 Å². The Kier molecular flexibility index (Phi) is 8.48. The number of benzene rings is 3. The number of likely N-dealkylation sites (tertiary alicyclic amines) is 1. The van der Waals surface area contributed by atoms with Crippen LogP contribution in [0.4, 0.5) is 17.1 Å². The maximum Gasteiger partial charge on any atom is 0.121 e. The zero-order chi connectivity index (χ0) is 23.8. The molecule has 4 heteroatoms. The first kappa shape index (κ1) is 24.2. The van der Waals surface area contributed by atoms with Gasteiger partial charge in [0.15, 0.2) is 0 Å². The summed E-state index contributed by atoms with van der Waals surface area (Å²) in [7, 11) is 2.17. The Hall–Kier alpha value is -2.98. The van der Waals surface area contributed by atoms with Crippen molar-refractivity contribution in [3.63, 3.8) is 0 Å². The van der Waals surface area contributed by atoms with Gasteiger partial charge in [-0.1, -0.05) is 43.3 Å². The van der Waals surface area contributed by atoms with Gasteiger partial charge in [0.05, 0.1) is 6.61 Å². The van der Waals surface area contributed by atoms with E-state index in [9.17, 15) is 0 Å². The molecule has 1 N–H and O–H groups in total. The van der Waals surface area contributed by atoms with Crippen LogP contribution in [0.1, 0.15) is 37.3 Å². The normalized spacial score (nSPS) is 14.7. The van der Waals surface area contributed by atoms with Crippen LogP contribution in [0.25, 0.3) is 0 Å². The maximum absolute atomic E-state index is 6.20. The summed E-state index contributed by atoms with van der Waals surface area (Å²) >= 11 is 0. The standard InChI is InChI=1S/C30H39N3O/c1-4-18-32(3)28-14-12-25(13-15-28)22-33-19-16-26(17-20-33)23-34-29-10-7-9-27(21-29)31-30-11-6-5-8-24(30)2/h5-15,21,26,31H,4,16-20,22-23H2,1-3H3. The van der Waals surface area contributed by atoms with E-state index in [0.717, 1.165) is 49.9 Å². The van der Waals surface area contributed by atoms with Crippen molar-refractivity contribution in [2.45, 2.75) is 39.7 Å². The minimum absolute atomic E-state index is 0.620. The highest BCUT2D eigenvalue weighted by atomic mass is 16.5. The fraction of sp³-hybridized carbons (Fsp3) is 0.400. The molecule has 1 aliphatic heterocycles. The summed E-state index contributed by atoms with van der Waals surface area (Å²) in [5.41, 5.74) is 6.14. The van der Waals surface area contributed by atoms with Gasteiger partial charge in [-0.25, -0.2) is 0 Å². The number of nitrogens with zero attached hydrogens (tertiary/aromatic N) is 2. The van der Waals surface area contributed by atoms with Gasteiger partial charge in [0, 0.05) is 43.3 Å². The van der Waals surface area contributed by atoms with Crippen LogP contribution in [-0.4, -0.2) is 38.2 Å². The van der Waals surface area contributed by atoms with Crippen LogP contribution < -0.4 is 15.0 Å². The average molecular weight is 458 g/mol. The molecule has 0 unspecified atom stereocenters. The van der Waals surface area contributed by atoms with E-state index in [1.807, 2.05) is 0 Å². The molecule has 0 saturated carbocycles.